The molecule has 0 spiro atoms. The van der Waals surface area contributed by atoms with E-state index in [4.69, 9.17) is 5.11 Å². The number of nitrogens with one attached hydrogen (secondary N) is 2. The monoisotopic (exact) mass is 273 g/mol. The molecule has 1 aliphatic rings. The van der Waals surface area contributed by atoms with Crippen LogP contribution in [0.3, 0.4) is 0 Å². The maximum Gasteiger partial charge on any atom is 0.328 e. The van der Waals surface area contributed by atoms with Crippen molar-refractivity contribution in [2.24, 2.45) is 5.92 Å². The average molecular weight is 273 g/mol. The molecule has 1 heterocycles. The number of urea groups is 1. The van der Waals surface area contributed by atoms with Gasteiger partial charge >= 0.3 is 12.0 Å². The summed E-state index contributed by atoms with van der Waals surface area (Å²) in [7, 11) is 1.87. The third-order valence-electron chi connectivity index (χ3n) is 3.33. The molecule has 7 heteroatoms. The minimum atomic E-state index is -1.27. The molecule has 2 amide bonds. The molecule has 1 rings (SSSR count). The summed E-state index contributed by atoms with van der Waals surface area (Å²) in [6.07, 6.45) is 0.842. The highest BCUT2D eigenvalue weighted by Gasteiger charge is 2.29. The number of carboxylic acid groups (broad SMARTS) is 1. The number of nitrogens with zero attached hydrogens (tertiary/aromatic N) is 1. The minimum Gasteiger partial charge on any atom is -0.480 e. The lowest BCUT2D eigenvalue weighted by Crippen LogP contribution is -2.54. The van der Waals surface area contributed by atoms with Crippen molar-refractivity contribution in [2.45, 2.75) is 31.9 Å². The number of hydrogen-bond acceptors (Lipinski definition) is 4. The molecule has 0 aromatic carbocycles. The van der Waals surface area contributed by atoms with Crippen LogP contribution in [0.4, 0.5) is 4.79 Å². The van der Waals surface area contributed by atoms with Crippen LogP contribution in [0.2, 0.25) is 0 Å². The number of carboxylic acids is 1. The fraction of sp³-hybridized carbons (Fsp3) is 0.833. The largest absolute Gasteiger partial charge is 0.480 e. The molecule has 19 heavy (non-hydrogen) atoms. The lowest BCUT2D eigenvalue weighted by atomic mass is 9.98. The maximum absolute atomic E-state index is 12.0. The lowest BCUT2D eigenvalue weighted by Gasteiger charge is -2.33. The third kappa shape index (κ3) is 4.68. The van der Waals surface area contributed by atoms with Crippen LogP contribution in [0.15, 0.2) is 0 Å². The van der Waals surface area contributed by atoms with Crippen molar-refractivity contribution in [3.8, 4) is 0 Å². The summed E-state index contributed by atoms with van der Waals surface area (Å²) < 4.78 is 0. The van der Waals surface area contributed by atoms with Crippen molar-refractivity contribution in [1.29, 1.82) is 0 Å². The highest BCUT2D eigenvalue weighted by Crippen LogP contribution is 2.15. The standard InChI is InChI=1S/C12H23N3O4/c1-8(16)10(11(17)18)14-12(19)15-5-3-4-9(7-15)6-13-2/h8-10,13,16H,3-7H2,1-2H3,(H,14,19)(H,17,18). The molecule has 3 unspecified atom stereocenters. The zero-order valence-corrected chi connectivity index (χ0v) is 11.4. The molecule has 0 aromatic rings. The smallest absolute Gasteiger partial charge is 0.328 e. The summed E-state index contributed by atoms with van der Waals surface area (Å²) in [6.45, 7) is 3.42. The summed E-state index contributed by atoms with van der Waals surface area (Å²) in [5.41, 5.74) is 0. The zero-order chi connectivity index (χ0) is 14.4. The summed E-state index contributed by atoms with van der Waals surface area (Å²) in [6, 6.07) is -1.69. The molecular weight excluding hydrogens is 250 g/mol. The molecule has 0 saturated carbocycles. The summed E-state index contributed by atoms with van der Waals surface area (Å²) in [4.78, 5) is 24.5. The number of aliphatic carboxylic acids is 1. The molecule has 7 nitrogen and oxygen atoms in total. The van der Waals surface area contributed by atoms with Crippen molar-refractivity contribution in [3.05, 3.63) is 0 Å². The predicted molar refractivity (Wildman–Crippen MR) is 69.9 cm³/mol. The van der Waals surface area contributed by atoms with Gasteiger partial charge in [-0.25, -0.2) is 9.59 Å². The van der Waals surface area contributed by atoms with Crippen LogP contribution in [-0.2, 0) is 4.79 Å². The van der Waals surface area contributed by atoms with Crippen LogP contribution in [0.5, 0.6) is 0 Å². The Balaban J connectivity index is 2.54. The van der Waals surface area contributed by atoms with Crippen LogP contribution in [0.25, 0.3) is 0 Å². The van der Waals surface area contributed by atoms with E-state index in [0.717, 1.165) is 19.4 Å². The van der Waals surface area contributed by atoms with Crippen molar-refractivity contribution < 1.29 is 19.8 Å². The highest BCUT2D eigenvalue weighted by atomic mass is 16.4. The summed E-state index contributed by atoms with van der Waals surface area (Å²) >= 11 is 0. The van der Waals surface area contributed by atoms with Gasteiger partial charge in [0.05, 0.1) is 6.10 Å². The van der Waals surface area contributed by atoms with E-state index in [-0.39, 0.29) is 0 Å². The SMILES string of the molecule is CNCC1CCCN(C(=O)NC(C(=O)O)C(C)O)C1. The van der Waals surface area contributed by atoms with Crippen molar-refractivity contribution in [3.63, 3.8) is 0 Å². The summed E-state index contributed by atoms with van der Waals surface area (Å²) in [5, 5.41) is 23.7. The number of aliphatic hydroxyl groups is 1. The molecule has 4 N–H and O–H groups in total. The first-order chi connectivity index (χ1) is 8.95. The van der Waals surface area contributed by atoms with Crippen LogP contribution < -0.4 is 10.6 Å². The number of carbonyl (C=O) groups excluding carboxylic acids is 1. The van der Waals surface area contributed by atoms with E-state index in [9.17, 15) is 14.7 Å². The fourth-order valence-corrected chi connectivity index (χ4v) is 2.32. The van der Waals surface area contributed by atoms with E-state index in [1.165, 1.54) is 6.92 Å². The molecular formula is C12H23N3O4. The number of amides is 2. The van der Waals surface area contributed by atoms with Crippen LogP contribution in [-0.4, -0.2) is 65.9 Å². The molecule has 1 fully saturated rings. The Kier molecular flexibility index (Phi) is 6.04. The summed E-state index contributed by atoms with van der Waals surface area (Å²) in [5.74, 6) is -0.841. The Morgan fingerprint density at radius 3 is 2.68 bits per heavy atom. The second kappa shape index (κ2) is 7.30. The first kappa shape index (κ1) is 15.7. The van der Waals surface area contributed by atoms with E-state index < -0.39 is 24.1 Å². The van der Waals surface area contributed by atoms with Gasteiger partial charge in [-0.1, -0.05) is 0 Å². The Labute approximate surface area is 113 Å². The molecule has 1 saturated heterocycles. The number of hydrogen-bond donors (Lipinski definition) is 4. The van der Waals surface area contributed by atoms with E-state index in [2.05, 4.69) is 10.6 Å². The molecule has 1 aliphatic heterocycles. The lowest BCUT2D eigenvalue weighted by molar-refractivity contribution is -0.141. The van der Waals surface area contributed by atoms with Gasteiger partial charge in [-0.3, -0.25) is 0 Å². The van der Waals surface area contributed by atoms with Gasteiger partial charge in [-0.15, -0.1) is 0 Å². The Morgan fingerprint density at radius 2 is 2.16 bits per heavy atom. The van der Waals surface area contributed by atoms with Gasteiger partial charge in [0.1, 0.15) is 0 Å². The Hall–Kier alpha value is -1.34. The first-order valence-electron chi connectivity index (χ1n) is 6.56. The van der Waals surface area contributed by atoms with Gasteiger partial charge in [0.2, 0.25) is 0 Å². The quantitative estimate of drug-likeness (QED) is 0.539. The first-order valence-corrected chi connectivity index (χ1v) is 6.56. The van der Waals surface area contributed by atoms with E-state index in [1.54, 1.807) is 4.90 Å². The maximum atomic E-state index is 12.0. The van der Waals surface area contributed by atoms with Crippen LogP contribution in [0, 0.1) is 5.92 Å². The van der Waals surface area contributed by atoms with E-state index >= 15 is 0 Å². The molecule has 110 valence electrons. The second-order valence-corrected chi connectivity index (χ2v) is 5.02. The molecule has 0 aromatic heterocycles. The molecule has 0 bridgehead atoms. The third-order valence-corrected chi connectivity index (χ3v) is 3.33. The number of likely N-dealkylation sites (tertiary alicyclic amines) is 1. The number of rotatable bonds is 5. The predicted octanol–water partition coefficient (Wildman–Crippen LogP) is -0.539. The van der Waals surface area contributed by atoms with Crippen molar-refractivity contribution >= 4 is 12.0 Å². The second-order valence-electron chi connectivity index (χ2n) is 5.02. The Bertz CT molecular complexity index is 320. The van der Waals surface area contributed by atoms with Gasteiger partial charge in [-0.2, -0.15) is 0 Å². The number of aliphatic hydroxyl groups excluding tert-OH is 1. The number of piperidine rings is 1. The normalized spacial score (nSPS) is 22.7. The molecule has 0 aliphatic carbocycles. The van der Waals surface area contributed by atoms with E-state index in [0.29, 0.717) is 19.0 Å². The van der Waals surface area contributed by atoms with Crippen LogP contribution in [0.1, 0.15) is 19.8 Å². The van der Waals surface area contributed by atoms with Gasteiger partial charge in [0.15, 0.2) is 6.04 Å². The highest BCUT2D eigenvalue weighted by molar-refractivity contribution is 5.83. The zero-order valence-electron chi connectivity index (χ0n) is 11.4. The van der Waals surface area contributed by atoms with Crippen molar-refractivity contribution in [1.82, 2.24) is 15.5 Å². The van der Waals surface area contributed by atoms with Gasteiger partial charge < -0.3 is 25.7 Å². The molecule has 3 atom stereocenters. The fourth-order valence-electron chi connectivity index (χ4n) is 2.32. The van der Waals surface area contributed by atoms with Gasteiger partial charge in [0.25, 0.3) is 0 Å². The Morgan fingerprint density at radius 1 is 1.47 bits per heavy atom. The van der Waals surface area contributed by atoms with Crippen LogP contribution >= 0.6 is 0 Å². The van der Waals surface area contributed by atoms with Gasteiger partial charge in [0, 0.05) is 13.1 Å². The van der Waals surface area contributed by atoms with Gasteiger partial charge in [-0.05, 0) is 39.3 Å². The molecule has 0 radical (unpaired) electrons. The topological polar surface area (TPSA) is 102 Å². The van der Waals surface area contributed by atoms with E-state index in [1.807, 2.05) is 7.05 Å². The average Bonchev–Trinajstić information content (AvgIpc) is 2.35. The minimum absolute atomic E-state index is 0.388. The van der Waals surface area contributed by atoms with Crippen molar-refractivity contribution in [2.75, 3.05) is 26.7 Å². The number of carbonyl (C=O) groups is 2.